The summed E-state index contributed by atoms with van der Waals surface area (Å²) in [5.74, 6) is -1.94. The maximum Gasteiger partial charge on any atom is 0.351 e. The minimum atomic E-state index is -0.663. The van der Waals surface area contributed by atoms with Crippen molar-refractivity contribution in [3.05, 3.63) is 35.4 Å². The van der Waals surface area contributed by atoms with Crippen molar-refractivity contribution in [3.8, 4) is 0 Å². The highest BCUT2D eigenvalue weighted by atomic mass is 19.1. The van der Waals surface area contributed by atoms with Crippen molar-refractivity contribution in [2.45, 2.75) is 13.5 Å². The number of rotatable bonds is 5. The van der Waals surface area contributed by atoms with Gasteiger partial charge in [-0.2, -0.15) is 5.10 Å². The van der Waals surface area contributed by atoms with Gasteiger partial charge in [0.1, 0.15) is 17.8 Å². The Hall–Kier alpha value is -1.98. The van der Waals surface area contributed by atoms with Gasteiger partial charge in [-0.1, -0.05) is 6.07 Å². The molecule has 0 atom stereocenters. The molecule has 1 rings (SSSR count). The number of nitrogens with zero attached hydrogens (tertiary/aromatic N) is 1. The summed E-state index contributed by atoms with van der Waals surface area (Å²) in [7, 11) is 0. The number of carbonyl (C=O) groups excluding carboxylic acids is 1. The van der Waals surface area contributed by atoms with E-state index in [4.69, 9.17) is 0 Å². The Morgan fingerprint density at radius 1 is 1.47 bits per heavy atom. The maximum absolute atomic E-state index is 13.1. The number of benzene rings is 1. The predicted molar refractivity (Wildman–Crippen MR) is 58.3 cm³/mol. The topological polar surface area (TPSA) is 50.7 Å². The SMILES string of the molecule is CCOC(=O)/C=N/NCc1c(F)cccc1F. The zero-order chi connectivity index (χ0) is 12.7. The lowest BCUT2D eigenvalue weighted by Gasteiger charge is -2.03. The van der Waals surface area contributed by atoms with Crippen LogP contribution >= 0.6 is 0 Å². The van der Waals surface area contributed by atoms with E-state index >= 15 is 0 Å². The second-order valence-corrected chi connectivity index (χ2v) is 3.05. The minimum absolute atomic E-state index is 0.131. The van der Waals surface area contributed by atoms with Gasteiger partial charge in [-0.3, -0.25) is 0 Å². The zero-order valence-corrected chi connectivity index (χ0v) is 9.24. The van der Waals surface area contributed by atoms with Gasteiger partial charge < -0.3 is 10.2 Å². The van der Waals surface area contributed by atoms with Gasteiger partial charge in [-0.25, -0.2) is 13.6 Å². The first-order valence-electron chi connectivity index (χ1n) is 5.00. The average Bonchev–Trinajstić information content (AvgIpc) is 2.28. The van der Waals surface area contributed by atoms with Gasteiger partial charge in [0.25, 0.3) is 0 Å². The highest BCUT2D eigenvalue weighted by Crippen LogP contribution is 2.11. The van der Waals surface area contributed by atoms with Crippen LogP contribution in [0, 0.1) is 11.6 Å². The molecule has 0 radical (unpaired) electrons. The summed E-state index contributed by atoms with van der Waals surface area (Å²) in [5.41, 5.74) is 2.23. The largest absolute Gasteiger partial charge is 0.462 e. The molecule has 0 fully saturated rings. The van der Waals surface area contributed by atoms with Gasteiger partial charge in [0, 0.05) is 5.56 Å². The number of esters is 1. The molecule has 0 saturated heterocycles. The molecule has 0 aromatic heterocycles. The number of halogens is 2. The van der Waals surface area contributed by atoms with Crippen LogP contribution in [-0.2, 0) is 16.1 Å². The molecule has 0 amide bonds. The molecule has 0 bridgehead atoms. The molecule has 0 aliphatic heterocycles. The fourth-order valence-corrected chi connectivity index (χ4v) is 1.10. The summed E-state index contributed by atoms with van der Waals surface area (Å²) in [6.07, 6.45) is 0.905. The number of hydrogen-bond acceptors (Lipinski definition) is 4. The molecule has 4 nitrogen and oxygen atoms in total. The van der Waals surface area contributed by atoms with E-state index in [1.54, 1.807) is 6.92 Å². The number of hydrogen-bond donors (Lipinski definition) is 1. The van der Waals surface area contributed by atoms with Gasteiger partial charge in [-0.15, -0.1) is 0 Å². The van der Waals surface area contributed by atoms with Crippen LogP contribution in [0.25, 0.3) is 0 Å². The Labute approximate surface area is 97.3 Å². The normalized spacial score (nSPS) is 10.5. The third-order valence-corrected chi connectivity index (χ3v) is 1.87. The van der Waals surface area contributed by atoms with Gasteiger partial charge >= 0.3 is 5.97 Å². The molecule has 0 heterocycles. The fraction of sp³-hybridized carbons (Fsp3) is 0.273. The highest BCUT2D eigenvalue weighted by molar-refractivity contribution is 6.23. The summed E-state index contributed by atoms with van der Waals surface area (Å²) >= 11 is 0. The summed E-state index contributed by atoms with van der Waals surface area (Å²) in [6.45, 7) is 1.76. The molecule has 1 aromatic carbocycles. The standard InChI is InChI=1S/C11H12F2N2O2/c1-2-17-11(16)7-15-14-6-8-9(12)4-3-5-10(8)13/h3-5,7,14H,2,6H2,1H3/b15-7+. The molecular formula is C11H12F2N2O2. The highest BCUT2D eigenvalue weighted by Gasteiger charge is 2.06. The molecule has 0 unspecified atom stereocenters. The Morgan fingerprint density at radius 2 is 2.12 bits per heavy atom. The first-order valence-corrected chi connectivity index (χ1v) is 5.00. The van der Waals surface area contributed by atoms with Crippen LogP contribution < -0.4 is 5.43 Å². The van der Waals surface area contributed by atoms with Crippen LogP contribution in [0.5, 0.6) is 0 Å². The molecule has 0 spiro atoms. The van der Waals surface area contributed by atoms with Gasteiger partial charge in [0.15, 0.2) is 0 Å². The number of ether oxygens (including phenoxy) is 1. The molecule has 92 valence electrons. The number of carbonyl (C=O) groups is 1. The number of hydrazone groups is 1. The molecule has 0 aliphatic carbocycles. The van der Waals surface area contributed by atoms with Gasteiger partial charge in [0.2, 0.25) is 0 Å². The van der Waals surface area contributed by atoms with E-state index in [1.165, 1.54) is 6.07 Å². The molecule has 1 N–H and O–H groups in total. The fourth-order valence-electron chi connectivity index (χ4n) is 1.10. The van der Waals surface area contributed by atoms with Crippen molar-refractivity contribution in [1.29, 1.82) is 0 Å². The van der Waals surface area contributed by atoms with E-state index in [-0.39, 0.29) is 18.7 Å². The zero-order valence-electron chi connectivity index (χ0n) is 9.24. The van der Waals surface area contributed by atoms with E-state index in [9.17, 15) is 13.6 Å². The van der Waals surface area contributed by atoms with Crippen LogP contribution in [0.2, 0.25) is 0 Å². The van der Waals surface area contributed by atoms with E-state index in [0.717, 1.165) is 18.3 Å². The molecule has 0 saturated carbocycles. The smallest absolute Gasteiger partial charge is 0.351 e. The van der Waals surface area contributed by atoms with Crippen molar-refractivity contribution < 1.29 is 18.3 Å². The Kier molecular flexibility index (Phi) is 5.06. The van der Waals surface area contributed by atoms with Crippen LogP contribution in [0.3, 0.4) is 0 Å². The Morgan fingerprint density at radius 3 is 2.71 bits per heavy atom. The van der Waals surface area contributed by atoms with Crippen molar-refractivity contribution in [2.24, 2.45) is 5.10 Å². The molecule has 17 heavy (non-hydrogen) atoms. The average molecular weight is 242 g/mol. The summed E-state index contributed by atoms with van der Waals surface area (Å²) in [6, 6.07) is 3.57. The van der Waals surface area contributed by atoms with Crippen LogP contribution in [0.15, 0.2) is 23.3 Å². The van der Waals surface area contributed by atoms with E-state index in [1.807, 2.05) is 0 Å². The van der Waals surface area contributed by atoms with E-state index in [0.29, 0.717) is 0 Å². The predicted octanol–water partition coefficient (Wildman–Crippen LogP) is 1.60. The first-order chi connectivity index (χ1) is 8.15. The van der Waals surface area contributed by atoms with Gasteiger partial charge in [0.05, 0.1) is 13.2 Å². The summed E-state index contributed by atoms with van der Waals surface area (Å²) in [4.78, 5) is 10.8. The minimum Gasteiger partial charge on any atom is -0.462 e. The molecule has 1 aromatic rings. The van der Waals surface area contributed by atoms with Crippen molar-refractivity contribution in [1.82, 2.24) is 5.43 Å². The maximum atomic E-state index is 13.1. The van der Waals surface area contributed by atoms with Gasteiger partial charge in [-0.05, 0) is 19.1 Å². The molecular weight excluding hydrogens is 230 g/mol. The third-order valence-electron chi connectivity index (χ3n) is 1.87. The lowest BCUT2D eigenvalue weighted by atomic mass is 10.2. The second kappa shape index (κ2) is 6.57. The quantitative estimate of drug-likeness (QED) is 0.484. The Balaban J connectivity index is 2.49. The van der Waals surface area contributed by atoms with Crippen LogP contribution in [0.1, 0.15) is 12.5 Å². The summed E-state index contributed by atoms with van der Waals surface area (Å²) < 4.78 is 30.8. The lowest BCUT2D eigenvalue weighted by molar-refractivity contribution is -0.134. The Bertz CT molecular complexity index is 402. The monoisotopic (exact) mass is 242 g/mol. The first kappa shape index (κ1) is 13.1. The lowest BCUT2D eigenvalue weighted by Crippen LogP contribution is -2.12. The third kappa shape index (κ3) is 4.18. The van der Waals surface area contributed by atoms with Crippen LogP contribution in [-0.4, -0.2) is 18.8 Å². The number of nitrogens with one attached hydrogen (secondary N) is 1. The second-order valence-electron chi connectivity index (χ2n) is 3.05. The molecule has 6 heteroatoms. The molecule has 0 aliphatic rings. The van der Waals surface area contributed by atoms with Crippen molar-refractivity contribution >= 4 is 12.2 Å². The van der Waals surface area contributed by atoms with Crippen molar-refractivity contribution in [3.63, 3.8) is 0 Å². The van der Waals surface area contributed by atoms with Crippen LogP contribution in [0.4, 0.5) is 8.78 Å². The van der Waals surface area contributed by atoms with Crippen molar-refractivity contribution in [2.75, 3.05) is 6.61 Å². The van der Waals surface area contributed by atoms with E-state index in [2.05, 4.69) is 15.3 Å². The van der Waals surface area contributed by atoms with E-state index < -0.39 is 17.6 Å². The summed E-state index contributed by atoms with van der Waals surface area (Å²) in [5, 5.41) is 3.48.